The molecule has 0 fully saturated rings. The summed E-state index contributed by atoms with van der Waals surface area (Å²) in [4.78, 5) is 12.4. The molecule has 32 heavy (non-hydrogen) atoms. The molecule has 0 unspecified atom stereocenters. The number of hydrazone groups is 1. The molecule has 0 aromatic heterocycles. The minimum atomic E-state index is -4.19. The summed E-state index contributed by atoms with van der Waals surface area (Å²) in [6.07, 6.45) is 1.41. The Morgan fingerprint density at radius 2 is 1.69 bits per heavy atom. The first-order chi connectivity index (χ1) is 15.4. The van der Waals surface area contributed by atoms with Crippen molar-refractivity contribution in [3.63, 3.8) is 0 Å². The molecule has 0 bridgehead atoms. The molecule has 0 saturated heterocycles. The van der Waals surface area contributed by atoms with E-state index < -0.39 is 28.3 Å². The molecular formula is C23H22FN3O4S. The van der Waals surface area contributed by atoms with Gasteiger partial charge in [0.1, 0.15) is 18.1 Å². The number of carbonyl (C=O) groups excluding carboxylic acids is 1. The molecule has 1 amide bonds. The van der Waals surface area contributed by atoms with Crippen LogP contribution in [-0.4, -0.2) is 33.7 Å². The second-order valence-corrected chi connectivity index (χ2v) is 8.43. The van der Waals surface area contributed by atoms with E-state index in [2.05, 4.69) is 10.5 Å². The normalized spacial score (nSPS) is 11.3. The van der Waals surface area contributed by atoms with Crippen molar-refractivity contribution in [1.82, 2.24) is 5.43 Å². The van der Waals surface area contributed by atoms with Gasteiger partial charge in [0, 0.05) is 0 Å². The second kappa shape index (κ2) is 10.5. The number of para-hydroxylation sites is 1. The van der Waals surface area contributed by atoms with Gasteiger partial charge in [0.2, 0.25) is 0 Å². The molecule has 0 heterocycles. The Labute approximate surface area is 186 Å². The van der Waals surface area contributed by atoms with Crippen molar-refractivity contribution >= 4 is 27.8 Å². The average Bonchev–Trinajstić information content (AvgIpc) is 2.80. The van der Waals surface area contributed by atoms with E-state index in [0.29, 0.717) is 17.9 Å². The first-order valence-electron chi connectivity index (χ1n) is 9.79. The van der Waals surface area contributed by atoms with Gasteiger partial charge in [0.05, 0.1) is 23.4 Å². The lowest BCUT2D eigenvalue weighted by Crippen LogP contribution is -2.40. The molecule has 3 aromatic carbocycles. The molecule has 1 N–H and O–H groups in total. The number of sulfonamides is 1. The van der Waals surface area contributed by atoms with Gasteiger partial charge in [-0.15, -0.1) is 0 Å². The molecule has 0 aliphatic rings. The molecule has 3 aromatic rings. The molecule has 0 radical (unpaired) electrons. The summed E-state index contributed by atoms with van der Waals surface area (Å²) in [6.45, 7) is 1.78. The zero-order chi connectivity index (χ0) is 23.0. The number of amides is 1. The quantitative estimate of drug-likeness (QED) is 0.395. The maximum Gasteiger partial charge on any atom is 0.264 e. The van der Waals surface area contributed by atoms with Gasteiger partial charge in [0.25, 0.3) is 15.9 Å². The fraction of sp³-hybridized carbons (Fsp3) is 0.130. The van der Waals surface area contributed by atoms with Crippen LogP contribution < -0.4 is 14.5 Å². The van der Waals surface area contributed by atoms with E-state index in [9.17, 15) is 17.6 Å². The molecule has 9 heteroatoms. The van der Waals surface area contributed by atoms with E-state index in [1.807, 2.05) is 6.92 Å². The van der Waals surface area contributed by atoms with Gasteiger partial charge in [-0.3, -0.25) is 9.10 Å². The Hall–Kier alpha value is -3.72. The third kappa shape index (κ3) is 5.70. The summed E-state index contributed by atoms with van der Waals surface area (Å²) in [7, 11) is -4.19. The molecule has 166 valence electrons. The lowest BCUT2D eigenvalue weighted by atomic mass is 10.2. The number of rotatable bonds is 9. The maximum absolute atomic E-state index is 14.4. The van der Waals surface area contributed by atoms with Crippen LogP contribution in [0.4, 0.5) is 10.1 Å². The van der Waals surface area contributed by atoms with Gasteiger partial charge in [-0.1, -0.05) is 30.3 Å². The van der Waals surface area contributed by atoms with Gasteiger partial charge in [0.15, 0.2) is 0 Å². The fourth-order valence-electron chi connectivity index (χ4n) is 2.83. The molecular weight excluding hydrogens is 433 g/mol. The first-order valence-corrected chi connectivity index (χ1v) is 11.2. The average molecular weight is 456 g/mol. The predicted octanol–water partition coefficient (Wildman–Crippen LogP) is 3.57. The summed E-state index contributed by atoms with van der Waals surface area (Å²) in [5.41, 5.74) is 2.76. The van der Waals surface area contributed by atoms with Crippen molar-refractivity contribution in [2.45, 2.75) is 11.8 Å². The van der Waals surface area contributed by atoms with Gasteiger partial charge in [-0.2, -0.15) is 5.10 Å². The van der Waals surface area contributed by atoms with Crippen molar-refractivity contribution in [1.29, 1.82) is 0 Å². The Balaban J connectivity index is 1.78. The topological polar surface area (TPSA) is 88.1 Å². The van der Waals surface area contributed by atoms with E-state index in [1.165, 1.54) is 36.5 Å². The molecule has 3 rings (SSSR count). The highest BCUT2D eigenvalue weighted by molar-refractivity contribution is 7.92. The lowest BCUT2D eigenvalue weighted by Gasteiger charge is -2.24. The van der Waals surface area contributed by atoms with E-state index in [-0.39, 0.29) is 10.6 Å². The van der Waals surface area contributed by atoms with E-state index in [0.717, 1.165) is 10.4 Å². The van der Waals surface area contributed by atoms with Gasteiger partial charge in [-0.05, 0) is 61.0 Å². The highest BCUT2D eigenvalue weighted by Gasteiger charge is 2.28. The van der Waals surface area contributed by atoms with Crippen molar-refractivity contribution in [2.24, 2.45) is 5.10 Å². The van der Waals surface area contributed by atoms with E-state index in [4.69, 9.17) is 4.74 Å². The summed E-state index contributed by atoms with van der Waals surface area (Å²) in [5, 5.41) is 3.86. The van der Waals surface area contributed by atoms with Crippen LogP contribution in [0.1, 0.15) is 12.5 Å². The number of benzene rings is 3. The number of nitrogens with zero attached hydrogens (tertiary/aromatic N) is 2. The van der Waals surface area contributed by atoms with Crippen molar-refractivity contribution in [2.75, 3.05) is 17.5 Å². The molecule has 0 aliphatic heterocycles. The SMILES string of the molecule is CCOc1ccc(/C=N\NC(=O)CN(c2ccccc2F)S(=O)(=O)c2ccccc2)cc1. The molecule has 0 atom stereocenters. The van der Waals surface area contributed by atoms with Crippen LogP contribution in [0.15, 0.2) is 88.9 Å². The molecule has 0 spiro atoms. The number of hydrogen-bond acceptors (Lipinski definition) is 5. The van der Waals surface area contributed by atoms with Crippen LogP contribution in [0.2, 0.25) is 0 Å². The zero-order valence-corrected chi connectivity index (χ0v) is 18.1. The van der Waals surface area contributed by atoms with Crippen LogP contribution in [0.5, 0.6) is 5.75 Å². The van der Waals surface area contributed by atoms with E-state index in [1.54, 1.807) is 42.5 Å². The summed E-state index contributed by atoms with van der Waals surface area (Å²) in [6, 6.07) is 19.9. The highest BCUT2D eigenvalue weighted by Crippen LogP contribution is 2.25. The van der Waals surface area contributed by atoms with Crippen LogP contribution in [-0.2, 0) is 14.8 Å². The van der Waals surface area contributed by atoms with Crippen LogP contribution in [0.25, 0.3) is 0 Å². The lowest BCUT2D eigenvalue weighted by molar-refractivity contribution is -0.119. The van der Waals surface area contributed by atoms with Gasteiger partial charge < -0.3 is 4.74 Å². The number of anilines is 1. The monoisotopic (exact) mass is 455 g/mol. The maximum atomic E-state index is 14.4. The fourth-order valence-corrected chi connectivity index (χ4v) is 4.28. The Morgan fingerprint density at radius 3 is 2.34 bits per heavy atom. The third-order valence-corrected chi connectivity index (χ3v) is 6.11. The first kappa shape index (κ1) is 23.0. The summed E-state index contributed by atoms with van der Waals surface area (Å²) in [5.74, 6) is -0.784. The highest BCUT2D eigenvalue weighted by atomic mass is 32.2. The Kier molecular flexibility index (Phi) is 7.56. The zero-order valence-electron chi connectivity index (χ0n) is 17.3. The van der Waals surface area contributed by atoms with Gasteiger partial charge in [-0.25, -0.2) is 18.2 Å². The van der Waals surface area contributed by atoms with Crippen LogP contribution >= 0.6 is 0 Å². The number of nitrogens with one attached hydrogen (secondary N) is 1. The van der Waals surface area contributed by atoms with Crippen LogP contribution in [0.3, 0.4) is 0 Å². The summed E-state index contributed by atoms with van der Waals surface area (Å²) >= 11 is 0. The number of hydrogen-bond donors (Lipinski definition) is 1. The number of carbonyl (C=O) groups is 1. The largest absolute Gasteiger partial charge is 0.494 e. The Bertz CT molecular complexity index is 1180. The van der Waals surface area contributed by atoms with E-state index >= 15 is 0 Å². The molecule has 0 saturated carbocycles. The molecule has 7 nitrogen and oxygen atoms in total. The Morgan fingerprint density at radius 1 is 1.03 bits per heavy atom. The third-order valence-electron chi connectivity index (χ3n) is 4.33. The minimum absolute atomic E-state index is 0.0612. The molecule has 0 aliphatic carbocycles. The minimum Gasteiger partial charge on any atom is -0.494 e. The number of ether oxygens (including phenoxy) is 1. The number of halogens is 1. The van der Waals surface area contributed by atoms with Crippen molar-refractivity contribution in [3.8, 4) is 5.75 Å². The van der Waals surface area contributed by atoms with Gasteiger partial charge >= 0.3 is 0 Å². The smallest absolute Gasteiger partial charge is 0.264 e. The van der Waals surface area contributed by atoms with Crippen molar-refractivity contribution in [3.05, 3.63) is 90.2 Å². The summed E-state index contributed by atoms with van der Waals surface area (Å²) < 4.78 is 46.8. The standard InChI is InChI=1S/C23H22FN3O4S/c1-2-31-19-14-12-18(13-15-19)16-25-26-23(28)17-27(22-11-7-6-10-21(22)24)32(29,30)20-8-4-3-5-9-20/h3-16H,2,17H2,1H3,(H,26,28)/b25-16-. The van der Waals surface area contributed by atoms with Crippen LogP contribution in [0, 0.1) is 5.82 Å². The predicted molar refractivity (Wildman–Crippen MR) is 121 cm³/mol. The van der Waals surface area contributed by atoms with Crippen molar-refractivity contribution < 1.29 is 22.3 Å². The second-order valence-electron chi connectivity index (χ2n) is 6.57.